The highest BCUT2D eigenvalue weighted by molar-refractivity contribution is 5.85. The molecule has 1 rings (SSSR count). The van der Waals surface area contributed by atoms with Crippen LogP contribution in [0.1, 0.15) is 32.4 Å². The third-order valence-electron chi connectivity index (χ3n) is 2.39. The van der Waals surface area contributed by atoms with Crippen LogP contribution >= 0.6 is 12.4 Å². The zero-order valence-corrected chi connectivity index (χ0v) is 10.6. The smallest absolute Gasteiger partial charge is 0.119 e. The van der Waals surface area contributed by atoms with Crippen LogP contribution in [0.2, 0.25) is 0 Å². The number of benzene rings is 1. The zero-order chi connectivity index (χ0) is 10.8. The van der Waals surface area contributed by atoms with Crippen molar-refractivity contribution in [3.8, 4) is 5.75 Å². The molecule has 0 radical (unpaired) electrons. The summed E-state index contributed by atoms with van der Waals surface area (Å²) in [6, 6.07) is 7.98. The fraction of sp³-hybridized carbons (Fsp3) is 0.500. The van der Waals surface area contributed by atoms with Crippen molar-refractivity contribution < 1.29 is 4.74 Å². The summed E-state index contributed by atoms with van der Waals surface area (Å²) in [5, 5.41) is 0. The molecule has 0 bridgehead atoms. The molecule has 0 saturated carbocycles. The Hall–Kier alpha value is -0.730. The average Bonchev–Trinajstić information content (AvgIpc) is 2.15. The van der Waals surface area contributed by atoms with Gasteiger partial charge in [-0.1, -0.05) is 32.9 Å². The number of hydrogen-bond acceptors (Lipinski definition) is 2. The minimum absolute atomic E-state index is 0. The van der Waals surface area contributed by atoms with Gasteiger partial charge in [0.05, 0.1) is 7.11 Å². The van der Waals surface area contributed by atoms with Gasteiger partial charge in [0.15, 0.2) is 0 Å². The number of methoxy groups -OCH3 is 1. The Labute approximate surface area is 98.2 Å². The van der Waals surface area contributed by atoms with Crippen molar-refractivity contribution in [2.45, 2.75) is 26.8 Å². The highest BCUT2D eigenvalue weighted by Gasteiger charge is 2.22. The lowest BCUT2D eigenvalue weighted by Gasteiger charge is -2.27. The number of rotatable bonds is 2. The van der Waals surface area contributed by atoms with Crippen LogP contribution in [0.3, 0.4) is 0 Å². The molecule has 3 heteroatoms. The molecule has 2 N–H and O–H groups in total. The van der Waals surface area contributed by atoms with Gasteiger partial charge >= 0.3 is 0 Å². The van der Waals surface area contributed by atoms with Gasteiger partial charge < -0.3 is 10.5 Å². The standard InChI is InChI=1S/C12H19NO.ClH/c1-12(2,3)11(13)9-6-5-7-10(8-9)14-4;/h5-8,11H,13H2,1-4H3;1H/t11-;/m1./s1. The molecule has 1 atom stereocenters. The van der Waals surface area contributed by atoms with Crippen molar-refractivity contribution in [1.29, 1.82) is 0 Å². The maximum Gasteiger partial charge on any atom is 0.119 e. The van der Waals surface area contributed by atoms with E-state index in [9.17, 15) is 0 Å². The van der Waals surface area contributed by atoms with E-state index >= 15 is 0 Å². The van der Waals surface area contributed by atoms with Crippen molar-refractivity contribution >= 4 is 12.4 Å². The van der Waals surface area contributed by atoms with Gasteiger partial charge in [-0.05, 0) is 23.1 Å². The van der Waals surface area contributed by atoms with Gasteiger partial charge in [0, 0.05) is 6.04 Å². The second kappa shape index (κ2) is 5.38. The van der Waals surface area contributed by atoms with Crippen LogP contribution in [-0.2, 0) is 0 Å². The van der Waals surface area contributed by atoms with Crippen LogP contribution in [0.15, 0.2) is 24.3 Å². The molecular formula is C12H20ClNO. The number of halogens is 1. The van der Waals surface area contributed by atoms with E-state index in [1.54, 1.807) is 7.11 Å². The highest BCUT2D eigenvalue weighted by atomic mass is 35.5. The Morgan fingerprint density at radius 3 is 2.33 bits per heavy atom. The minimum Gasteiger partial charge on any atom is -0.497 e. The predicted octanol–water partition coefficient (Wildman–Crippen LogP) is 3.16. The van der Waals surface area contributed by atoms with Crippen LogP contribution in [0.4, 0.5) is 0 Å². The average molecular weight is 230 g/mol. The molecule has 0 heterocycles. The van der Waals surface area contributed by atoms with Gasteiger partial charge in [-0.2, -0.15) is 0 Å². The summed E-state index contributed by atoms with van der Waals surface area (Å²) in [6.07, 6.45) is 0. The monoisotopic (exact) mass is 229 g/mol. The Balaban J connectivity index is 0.00000196. The molecule has 1 aromatic carbocycles. The van der Waals surface area contributed by atoms with E-state index in [1.165, 1.54) is 0 Å². The predicted molar refractivity (Wildman–Crippen MR) is 66.6 cm³/mol. The topological polar surface area (TPSA) is 35.2 Å². The number of ether oxygens (including phenoxy) is 1. The van der Waals surface area contributed by atoms with Gasteiger partial charge in [-0.15, -0.1) is 12.4 Å². The molecule has 1 aromatic rings. The first-order valence-electron chi connectivity index (χ1n) is 4.84. The van der Waals surface area contributed by atoms with E-state index in [4.69, 9.17) is 10.5 Å². The van der Waals surface area contributed by atoms with Gasteiger partial charge in [0.1, 0.15) is 5.75 Å². The Bertz CT molecular complexity index is 307. The lowest BCUT2D eigenvalue weighted by Crippen LogP contribution is -2.26. The number of nitrogens with two attached hydrogens (primary N) is 1. The molecule has 0 aliphatic carbocycles. The molecular weight excluding hydrogens is 210 g/mol. The van der Waals surface area contributed by atoms with Crippen LogP contribution in [-0.4, -0.2) is 7.11 Å². The first-order chi connectivity index (χ1) is 6.45. The van der Waals surface area contributed by atoms with E-state index < -0.39 is 0 Å². The van der Waals surface area contributed by atoms with Crippen molar-refractivity contribution in [1.82, 2.24) is 0 Å². The van der Waals surface area contributed by atoms with Gasteiger partial charge in [0.25, 0.3) is 0 Å². The summed E-state index contributed by atoms with van der Waals surface area (Å²) in [4.78, 5) is 0. The van der Waals surface area contributed by atoms with E-state index in [0.717, 1.165) is 11.3 Å². The molecule has 0 aromatic heterocycles. The van der Waals surface area contributed by atoms with Crippen molar-refractivity contribution in [3.05, 3.63) is 29.8 Å². The summed E-state index contributed by atoms with van der Waals surface area (Å²) < 4.78 is 5.16. The van der Waals surface area contributed by atoms with Crippen LogP contribution < -0.4 is 10.5 Å². The molecule has 0 fully saturated rings. The van der Waals surface area contributed by atoms with Crippen molar-refractivity contribution in [2.24, 2.45) is 11.1 Å². The summed E-state index contributed by atoms with van der Waals surface area (Å²) in [5.41, 5.74) is 7.34. The Kier molecular flexibility index (Phi) is 5.12. The summed E-state index contributed by atoms with van der Waals surface area (Å²) >= 11 is 0. The maximum atomic E-state index is 6.14. The summed E-state index contributed by atoms with van der Waals surface area (Å²) in [6.45, 7) is 6.41. The van der Waals surface area contributed by atoms with Gasteiger partial charge in [0.2, 0.25) is 0 Å². The fourth-order valence-electron chi connectivity index (χ4n) is 1.33. The maximum absolute atomic E-state index is 6.14. The fourth-order valence-corrected chi connectivity index (χ4v) is 1.33. The van der Waals surface area contributed by atoms with Gasteiger partial charge in [-0.3, -0.25) is 0 Å². The SMILES string of the molecule is COc1cccc([C@@H](N)C(C)(C)C)c1.Cl. The lowest BCUT2D eigenvalue weighted by atomic mass is 9.83. The normalized spacial score (nSPS) is 12.9. The van der Waals surface area contributed by atoms with Crippen molar-refractivity contribution in [3.63, 3.8) is 0 Å². The highest BCUT2D eigenvalue weighted by Crippen LogP contribution is 2.31. The lowest BCUT2D eigenvalue weighted by molar-refractivity contribution is 0.325. The van der Waals surface area contributed by atoms with E-state index in [0.29, 0.717) is 0 Å². The van der Waals surface area contributed by atoms with E-state index in [-0.39, 0.29) is 23.9 Å². The molecule has 0 amide bonds. The van der Waals surface area contributed by atoms with Gasteiger partial charge in [-0.25, -0.2) is 0 Å². The van der Waals surface area contributed by atoms with Crippen LogP contribution in [0.5, 0.6) is 5.75 Å². The van der Waals surface area contributed by atoms with Crippen LogP contribution in [0, 0.1) is 5.41 Å². The Morgan fingerprint density at radius 1 is 1.27 bits per heavy atom. The molecule has 0 unspecified atom stereocenters. The largest absolute Gasteiger partial charge is 0.497 e. The molecule has 0 aliphatic heterocycles. The molecule has 15 heavy (non-hydrogen) atoms. The summed E-state index contributed by atoms with van der Waals surface area (Å²) in [7, 11) is 1.67. The molecule has 0 spiro atoms. The van der Waals surface area contributed by atoms with E-state index in [1.807, 2.05) is 24.3 Å². The third kappa shape index (κ3) is 3.73. The summed E-state index contributed by atoms with van der Waals surface area (Å²) in [5.74, 6) is 0.863. The Morgan fingerprint density at radius 2 is 1.87 bits per heavy atom. The zero-order valence-electron chi connectivity index (χ0n) is 9.78. The number of hydrogen-bond donors (Lipinski definition) is 1. The van der Waals surface area contributed by atoms with Crippen molar-refractivity contribution in [2.75, 3.05) is 7.11 Å². The second-order valence-electron chi connectivity index (χ2n) is 4.62. The molecule has 86 valence electrons. The molecule has 0 saturated heterocycles. The first-order valence-corrected chi connectivity index (χ1v) is 4.84. The van der Waals surface area contributed by atoms with Crippen LogP contribution in [0.25, 0.3) is 0 Å². The molecule has 0 aliphatic rings. The molecule has 2 nitrogen and oxygen atoms in total. The minimum atomic E-state index is 0. The third-order valence-corrected chi connectivity index (χ3v) is 2.39. The first kappa shape index (κ1) is 14.3. The quantitative estimate of drug-likeness (QED) is 0.846. The van der Waals surface area contributed by atoms with E-state index in [2.05, 4.69) is 20.8 Å². The second-order valence-corrected chi connectivity index (χ2v) is 4.62.